The summed E-state index contributed by atoms with van der Waals surface area (Å²) in [5.74, 6) is 4.99. The molecule has 0 aliphatic heterocycles. The Bertz CT molecular complexity index is 1210. The lowest BCUT2D eigenvalue weighted by molar-refractivity contribution is -0.137. The highest BCUT2D eigenvalue weighted by molar-refractivity contribution is 7.17. The number of unbranched alkanes of at least 4 members (excludes halogenated alkanes) is 2. The molecule has 2 heterocycles. The minimum absolute atomic E-state index is 0.151. The van der Waals surface area contributed by atoms with Crippen molar-refractivity contribution >= 4 is 27.5 Å². The van der Waals surface area contributed by atoms with Gasteiger partial charge in [-0.25, -0.2) is 0 Å². The van der Waals surface area contributed by atoms with E-state index in [9.17, 15) is 14.7 Å². The van der Waals surface area contributed by atoms with Gasteiger partial charge in [-0.2, -0.15) is 5.26 Å². The van der Waals surface area contributed by atoms with Crippen LogP contribution in [0.25, 0.3) is 21.3 Å². The Morgan fingerprint density at radius 3 is 2.86 bits per heavy atom. The molecule has 0 atom stereocenters. The summed E-state index contributed by atoms with van der Waals surface area (Å²) in [6.45, 7) is 0. The number of fused-ring (bicyclic) bond motifs is 1. The van der Waals surface area contributed by atoms with Crippen LogP contribution < -0.4 is 5.56 Å². The molecule has 3 N–H and O–H groups in total. The molecule has 0 fully saturated rings. The molecule has 0 amide bonds. The summed E-state index contributed by atoms with van der Waals surface area (Å²) in [4.78, 5) is 25.5. The molecule has 0 saturated carbocycles. The summed E-state index contributed by atoms with van der Waals surface area (Å²) in [5.41, 5.74) is 1.41. The minimum atomic E-state index is -0.798. The van der Waals surface area contributed by atoms with Gasteiger partial charge in [0.05, 0.1) is 5.39 Å². The molecule has 3 aromatic rings. The van der Waals surface area contributed by atoms with Gasteiger partial charge >= 0.3 is 5.97 Å². The quantitative estimate of drug-likeness (QED) is 0.451. The molecule has 7 heteroatoms. The molecule has 1 aromatic carbocycles. The Labute approximate surface area is 164 Å². The van der Waals surface area contributed by atoms with E-state index >= 15 is 0 Å². The number of pyridine rings is 1. The van der Waals surface area contributed by atoms with Crippen molar-refractivity contribution in [2.45, 2.75) is 25.7 Å². The average Bonchev–Trinajstić information content (AvgIpc) is 3.09. The van der Waals surface area contributed by atoms with Gasteiger partial charge in [0.2, 0.25) is 0 Å². The molecule has 0 saturated heterocycles. The predicted octanol–water partition coefficient (Wildman–Crippen LogP) is 3.83. The molecular formula is C21H16N2O4S. The third kappa shape index (κ3) is 4.06. The van der Waals surface area contributed by atoms with Crippen LogP contribution in [0.15, 0.2) is 34.4 Å². The number of nitrogens with one attached hydrogen (secondary N) is 1. The number of aliphatic carboxylic acids is 1. The molecule has 28 heavy (non-hydrogen) atoms. The predicted molar refractivity (Wildman–Crippen MR) is 107 cm³/mol. The van der Waals surface area contributed by atoms with Crippen molar-refractivity contribution in [1.82, 2.24) is 4.98 Å². The van der Waals surface area contributed by atoms with Gasteiger partial charge in [-0.1, -0.05) is 24.0 Å². The number of carbonyl (C=O) groups is 1. The molecule has 2 aromatic heterocycles. The number of benzene rings is 1. The zero-order valence-electron chi connectivity index (χ0n) is 14.8. The molecule has 0 radical (unpaired) electrons. The lowest BCUT2D eigenvalue weighted by Crippen LogP contribution is -2.09. The number of rotatable bonds is 5. The fraction of sp³-hybridized carbons (Fsp3) is 0.190. The number of hydrogen-bond acceptors (Lipinski definition) is 5. The number of carboxylic acid groups (broad SMARTS) is 1. The topological polar surface area (TPSA) is 114 Å². The highest BCUT2D eigenvalue weighted by Gasteiger charge is 2.17. The van der Waals surface area contributed by atoms with Crippen LogP contribution in [0.2, 0.25) is 0 Å². The van der Waals surface area contributed by atoms with Crippen molar-refractivity contribution in [2.24, 2.45) is 0 Å². The first-order chi connectivity index (χ1) is 13.5. The Hall–Kier alpha value is -3.55. The van der Waals surface area contributed by atoms with E-state index in [2.05, 4.69) is 16.8 Å². The smallest absolute Gasteiger partial charge is 0.303 e. The van der Waals surface area contributed by atoms with Crippen molar-refractivity contribution in [3.8, 4) is 34.8 Å². The van der Waals surface area contributed by atoms with Crippen LogP contribution in [-0.4, -0.2) is 21.2 Å². The van der Waals surface area contributed by atoms with E-state index in [0.29, 0.717) is 23.1 Å². The second-order valence-electron chi connectivity index (χ2n) is 6.13. The van der Waals surface area contributed by atoms with E-state index in [1.54, 1.807) is 6.07 Å². The van der Waals surface area contributed by atoms with Gasteiger partial charge in [0.1, 0.15) is 16.6 Å². The summed E-state index contributed by atoms with van der Waals surface area (Å²) in [5, 5.41) is 30.4. The number of H-pyrrole nitrogens is 1. The molecule has 140 valence electrons. The van der Waals surface area contributed by atoms with Gasteiger partial charge < -0.3 is 15.2 Å². The van der Waals surface area contributed by atoms with Gasteiger partial charge in [-0.05, 0) is 30.5 Å². The standard InChI is InChI=1S/C21H16N2O4S/c22-11-15-19(26)18-16(12-28-21(18)23-20(15)27)14-8-5-7-13(10-14)6-3-1-2-4-9-17(24)25/h5,7-8,10,12H,1-2,4,9H2,(H,24,25)(H2,23,26,27). The van der Waals surface area contributed by atoms with E-state index in [1.165, 1.54) is 11.3 Å². The van der Waals surface area contributed by atoms with Crippen LogP contribution in [0.1, 0.15) is 36.8 Å². The van der Waals surface area contributed by atoms with Gasteiger partial charge in [-0.3, -0.25) is 9.59 Å². The summed E-state index contributed by atoms with van der Waals surface area (Å²) in [7, 11) is 0. The number of hydrogen-bond donors (Lipinski definition) is 3. The number of aromatic amines is 1. The molecule has 0 aliphatic carbocycles. The lowest BCUT2D eigenvalue weighted by atomic mass is 10.0. The monoisotopic (exact) mass is 392 g/mol. The number of aromatic nitrogens is 1. The third-order valence-electron chi connectivity index (χ3n) is 4.18. The molecule has 0 aliphatic rings. The average molecular weight is 392 g/mol. The Morgan fingerprint density at radius 2 is 2.11 bits per heavy atom. The van der Waals surface area contributed by atoms with Crippen molar-refractivity contribution < 1.29 is 15.0 Å². The van der Waals surface area contributed by atoms with E-state index in [4.69, 9.17) is 10.4 Å². The van der Waals surface area contributed by atoms with Crippen molar-refractivity contribution in [3.63, 3.8) is 0 Å². The van der Waals surface area contributed by atoms with E-state index < -0.39 is 11.5 Å². The van der Waals surface area contributed by atoms with Crippen LogP contribution >= 0.6 is 11.3 Å². The second-order valence-corrected chi connectivity index (χ2v) is 7.01. The first-order valence-electron chi connectivity index (χ1n) is 8.59. The fourth-order valence-corrected chi connectivity index (χ4v) is 3.78. The summed E-state index contributed by atoms with van der Waals surface area (Å²) in [6.07, 6.45) is 2.10. The lowest BCUT2D eigenvalue weighted by Gasteiger charge is -2.04. The molecule has 0 unspecified atom stereocenters. The van der Waals surface area contributed by atoms with E-state index in [0.717, 1.165) is 23.1 Å². The van der Waals surface area contributed by atoms with E-state index in [-0.39, 0.29) is 17.7 Å². The molecule has 3 rings (SSSR count). The molecule has 6 nitrogen and oxygen atoms in total. The largest absolute Gasteiger partial charge is 0.506 e. The second kappa shape index (κ2) is 8.43. The van der Waals surface area contributed by atoms with Gasteiger partial charge in [0.25, 0.3) is 5.56 Å². The number of aromatic hydroxyl groups is 1. The maximum absolute atomic E-state index is 11.8. The zero-order valence-corrected chi connectivity index (χ0v) is 15.6. The maximum Gasteiger partial charge on any atom is 0.303 e. The van der Waals surface area contributed by atoms with Crippen LogP contribution in [0.3, 0.4) is 0 Å². The third-order valence-corrected chi connectivity index (χ3v) is 5.07. The number of nitriles is 1. The van der Waals surface area contributed by atoms with Gasteiger partial charge in [0.15, 0.2) is 5.56 Å². The van der Waals surface area contributed by atoms with E-state index in [1.807, 2.05) is 29.6 Å². The Morgan fingerprint density at radius 1 is 1.29 bits per heavy atom. The fourth-order valence-electron chi connectivity index (χ4n) is 2.82. The maximum atomic E-state index is 11.8. The first kappa shape index (κ1) is 19.2. The van der Waals surface area contributed by atoms with Crippen molar-refractivity contribution in [2.75, 3.05) is 0 Å². The van der Waals surface area contributed by atoms with Crippen LogP contribution in [0, 0.1) is 23.2 Å². The summed E-state index contributed by atoms with van der Waals surface area (Å²) < 4.78 is 0. The zero-order chi connectivity index (χ0) is 20.1. The molecule has 0 spiro atoms. The Balaban J connectivity index is 1.88. The van der Waals surface area contributed by atoms with Crippen LogP contribution in [0.4, 0.5) is 0 Å². The van der Waals surface area contributed by atoms with Crippen molar-refractivity contribution in [3.05, 3.63) is 51.1 Å². The number of carboxylic acids is 1. The molecular weight excluding hydrogens is 376 g/mol. The SMILES string of the molecule is N#Cc1c(O)c2c(-c3cccc(C#CCCCCC(=O)O)c3)csc2[nH]c1=O. The van der Waals surface area contributed by atoms with Crippen LogP contribution in [-0.2, 0) is 4.79 Å². The Kier molecular flexibility index (Phi) is 5.78. The highest BCUT2D eigenvalue weighted by Crippen LogP contribution is 2.38. The van der Waals surface area contributed by atoms with Gasteiger partial charge in [0, 0.05) is 29.3 Å². The highest BCUT2D eigenvalue weighted by atomic mass is 32.1. The molecule has 0 bridgehead atoms. The first-order valence-corrected chi connectivity index (χ1v) is 9.47. The van der Waals surface area contributed by atoms with Crippen molar-refractivity contribution in [1.29, 1.82) is 5.26 Å². The minimum Gasteiger partial charge on any atom is -0.506 e. The summed E-state index contributed by atoms with van der Waals surface area (Å²) in [6, 6.07) is 9.20. The normalized spacial score (nSPS) is 10.2. The number of nitrogens with zero attached hydrogens (tertiary/aromatic N) is 1. The van der Waals surface area contributed by atoms with Crippen LogP contribution in [0.5, 0.6) is 5.75 Å². The number of thiophene rings is 1. The van der Waals surface area contributed by atoms with Gasteiger partial charge in [-0.15, -0.1) is 11.3 Å². The summed E-state index contributed by atoms with van der Waals surface area (Å²) >= 11 is 1.28.